The van der Waals surface area contributed by atoms with Gasteiger partial charge in [-0.25, -0.2) is 8.42 Å². The standard InChI is InChI=1S/C11H9Cl2N3O2S/c12-6-3-8-7(9(13)4-6)1-2-10(8)19(17,18)11-5-14-16-15-11/h3-5,10H,1-2H2,(H,14,15,16)/t10-/m1/s1. The first-order valence-corrected chi connectivity index (χ1v) is 7.88. The summed E-state index contributed by atoms with van der Waals surface area (Å²) in [6.07, 6.45) is 2.30. The summed E-state index contributed by atoms with van der Waals surface area (Å²) in [5.41, 5.74) is 1.52. The maximum Gasteiger partial charge on any atom is 0.206 e. The molecule has 0 fully saturated rings. The third kappa shape index (κ3) is 2.04. The maximum absolute atomic E-state index is 12.5. The smallest absolute Gasteiger partial charge is 0.206 e. The Hall–Kier alpha value is -1.11. The van der Waals surface area contributed by atoms with Crippen LogP contribution in [0.25, 0.3) is 0 Å². The van der Waals surface area contributed by atoms with E-state index in [1.807, 2.05) is 0 Å². The zero-order chi connectivity index (χ0) is 13.6. The first-order valence-electron chi connectivity index (χ1n) is 5.57. The fraction of sp³-hybridized carbons (Fsp3) is 0.273. The Morgan fingerprint density at radius 3 is 2.79 bits per heavy atom. The highest BCUT2D eigenvalue weighted by molar-refractivity contribution is 7.91. The third-order valence-electron chi connectivity index (χ3n) is 3.26. The van der Waals surface area contributed by atoms with Crippen LogP contribution in [0, 0.1) is 0 Å². The Labute approximate surface area is 119 Å². The zero-order valence-electron chi connectivity index (χ0n) is 9.60. The van der Waals surface area contributed by atoms with E-state index < -0.39 is 15.1 Å². The monoisotopic (exact) mass is 317 g/mol. The van der Waals surface area contributed by atoms with Crippen LogP contribution in [0.5, 0.6) is 0 Å². The molecule has 0 amide bonds. The molecule has 0 bridgehead atoms. The van der Waals surface area contributed by atoms with E-state index in [9.17, 15) is 8.42 Å². The van der Waals surface area contributed by atoms with Gasteiger partial charge < -0.3 is 0 Å². The van der Waals surface area contributed by atoms with Crippen molar-refractivity contribution < 1.29 is 8.42 Å². The van der Waals surface area contributed by atoms with Crippen molar-refractivity contribution >= 4 is 33.0 Å². The number of rotatable bonds is 2. The molecule has 5 nitrogen and oxygen atoms in total. The number of benzene rings is 1. The van der Waals surface area contributed by atoms with E-state index in [1.54, 1.807) is 12.1 Å². The highest BCUT2D eigenvalue weighted by Crippen LogP contribution is 2.43. The van der Waals surface area contributed by atoms with Crippen LogP contribution in [0.2, 0.25) is 10.0 Å². The molecule has 100 valence electrons. The number of nitrogens with one attached hydrogen (secondary N) is 1. The van der Waals surface area contributed by atoms with Crippen LogP contribution in [-0.2, 0) is 16.3 Å². The lowest BCUT2D eigenvalue weighted by atomic mass is 10.1. The minimum atomic E-state index is -3.56. The van der Waals surface area contributed by atoms with Crippen LogP contribution in [0.3, 0.4) is 0 Å². The second-order valence-corrected chi connectivity index (χ2v) is 7.26. The van der Waals surface area contributed by atoms with Crippen LogP contribution in [0.15, 0.2) is 23.4 Å². The van der Waals surface area contributed by atoms with E-state index in [2.05, 4.69) is 15.4 Å². The molecule has 8 heteroatoms. The number of hydrogen-bond donors (Lipinski definition) is 1. The van der Waals surface area contributed by atoms with E-state index in [-0.39, 0.29) is 5.03 Å². The van der Waals surface area contributed by atoms with Crippen molar-refractivity contribution in [1.82, 2.24) is 15.4 Å². The van der Waals surface area contributed by atoms with Crippen LogP contribution in [0.1, 0.15) is 22.8 Å². The van der Waals surface area contributed by atoms with Crippen LogP contribution in [0.4, 0.5) is 0 Å². The number of halogens is 2. The van der Waals surface area contributed by atoms with E-state index in [4.69, 9.17) is 23.2 Å². The molecule has 1 aliphatic rings. The largest absolute Gasteiger partial charge is 0.221 e. The van der Waals surface area contributed by atoms with E-state index >= 15 is 0 Å². The van der Waals surface area contributed by atoms with Gasteiger partial charge in [0.2, 0.25) is 9.84 Å². The fourth-order valence-electron chi connectivity index (χ4n) is 2.40. The lowest BCUT2D eigenvalue weighted by molar-refractivity contribution is 0.576. The average molecular weight is 318 g/mol. The van der Waals surface area contributed by atoms with Gasteiger partial charge in [-0.05, 0) is 36.1 Å². The van der Waals surface area contributed by atoms with Gasteiger partial charge in [0, 0.05) is 10.0 Å². The summed E-state index contributed by atoms with van der Waals surface area (Å²) in [5.74, 6) is 0. The van der Waals surface area contributed by atoms with Crippen molar-refractivity contribution in [1.29, 1.82) is 0 Å². The quantitative estimate of drug-likeness (QED) is 0.923. The number of aromatic nitrogens is 3. The van der Waals surface area contributed by atoms with E-state index in [0.29, 0.717) is 28.5 Å². The summed E-state index contributed by atoms with van der Waals surface area (Å²) in [6, 6.07) is 3.30. The predicted octanol–water partition coefficient (Wildman–Crippen LogP) is 2.57. The molecule has 0 unspecified atom stereocenters. The minimum absolute atomic E-state index is 0.0542. The third-order valence-corrected chi connectivity index (χ3v) is 5.83. The predicted molar refractivity (Wildman–Crippen MR) is 71.1 cm³/mol. The molecule has 1 atom stereocenters. The summed E-state index contributed by atoms with van der Waals surface area (Å²) in [6.45, 7) is 0. The van der Waals surface area contributed by atoms with Crippen molar-refractivity contribution in [2.24, 2.45) is 0 Å². The molecular formula is C11H9Cl2N3O2S. The molecule has 1 aromatic heterocycles. The molecule has 1 heterocycles. The van der Waals surface area contributed by atoms with Crippen molar-refractivity contribution in [2.45, 2.75) is 23.1 Å². The van der Waals surface area contributed by atoms with E-state index in [1.165, 1.54) is 6.20 Å². The van der Waals surface area contributed by atoms with Crippen molar-refractivity contribution in [3.8, 4) is 0 Å². The second kappa shape index (κ2) is 4.47. The van der Waals surface area contributed by atoms with Gasteiger partial charge >= 0.3 is 0 Å². The zero-order valence-corrected chi connectivity index (χ0v) is 11.9. The van der Waals surface area contributed by atoms with Gasteiger partial charge in [-0.15, -0.1) is 5.10 Å². The lowest BCUT2D eigenvalue weighted by Gasteiger charge is -2.11. The van der Waals surface area contributed by atoms with Gasteiger partial charge in [-0.3, -0.25) is 0 Å². The van der Waals surface area contributed by atoms with Gasteiger partial charge in [0.1, 0.15) is 0 Å². The Kier molecular flexibility index (Phi) is 3.03. The SMILES string of the molecule is O=S(=O)(c1cn[nH]n1)[C@@H]1CCc2c(Cl)cc(Cl)cc21. The van der Waals surface area contributed by atoms with Crippen molar-refractivity contribution in [3.05, 3.63) is 39.5 Å². The normalized spacial score (nSPS) is 18.5. The van der Waals surface area contributed by atoms with Crippen LogP contribution >= 0.6 is 23.2 Å². The molecule has 1 aliphatic carbocycles. The first kappa shape index (κ1) is 12.9. The Balaban J connectivity index is 2.13. The Morgan fingerprint density at radius 1 is 1.32 bits per heavy atom. The highest BCUT2D eigenvalue weighted by Gasteiger charge is 2.37. The van der Waals surface area contributed by atoms with Crippen molar-refractivity contribution in [3.63, 3.8) is 0 Å². The minimum Gasteiger partial charge on any atom is -0.221 e. The molecule has 0 radical (unpaired) electrons. The van der Waals surface area contributed by atoms with Gasteiger partial charge in [-0.1, -0.05) is 23.2 Å². The average Bonchev–Trinajstić information content (AvgIpc) is 2.97. The first-order chi connectivity index (χ1) is 9.00. The maximum atomic E-state index is 12.5. The fourth-order valence-corrected chi connectivity index (χ4v) is 4.64. The van der Waals surface area contributed by atoms with Crippen LogP contribution in [-0.4, -0.2) is 23.8 Å². The summed E-state index contributed by atoms with van der Waals surface area (Å²) in [4.78, 5) is 0. The number of fused-ring (bicyclic) bond motifs is 1. The summed E-state index contributed by atoms with van der Waals surface area (Å²) < 4.78 is 24.9. The molecule has 1 N–H and O–H groups in total. The van der Waals surface area contributed by atoms with Crippen LogP contribution < -0.4 is 0 Å². The molecule has 0 saturated heterocycles. The molecule has 0 spiro atoms. The molecule has 2 aromatic rings. The molecule has 1 aromatic carbocycles. The lowest BCUT2D eigenvalue weighted by Crippen LogP contribution is -2.11. The molecular weight excluding hydrogens is 309 g/mol. The molecule has 0 saturated carbocycles. The Morgan fingerprint density at radius 2 is 2.11 bits per heavy atom. The van der Waals surface area contributed by atoms with Gasteiger partial charge in [0.05, 0.1) is 11.4 Å². The van der Waals surface area contributed by atoms with Gasteiger partial charge in [0.25, 0.3) is 0 Å². The molecule has 19 heavy (non-hydrogen) atoms. The molecule has 3 rings (SSSR count). The van der Waals surface area contributed by atoms with E-state index in [0.717, 1.165) is 5.56 Å². The summed E-state index contributed by atoms with van der Waals surface area (Å²) >= 11 is 12.1. The highest BCUT2D eigenvalue weighted by atomic mass is 35.5. The van der Waals surface area contributed by atoms with Crippen molar-refractivity contribution in [2.75, 3.05) is 0 Å². The number of sulfone groups is 1. The molecule has 0 aliphatic heterocycles. The topological polar surface area (TPSA) is 75.7 Å². The van der Waals surface area contributed by atoms with Gasteiger partial charge in [-0.2, -0.15) is 10.3 Å². The number of hydrogen-bond acceptors (Lipinski definition) is 4. The Bertz CT molecular complexity index is 729. The number of H-pyrrole nitrogens is 1. The number of nitrogens with zero attached hydrogens (tertiary/aromatic N) is 2. The van der Waals surface area contributed by atoms with Gasteiger partial charge in [0.15, 0.2) is 5.03 Å². The summed E-state index contributed by atoms with van der Waals surface area (Å²) in [7, 11) is -3.56. The number of aromatic amines is 1. The second-order valence-electron chi connectivity index (χ2n) is 4.34. The summed E-state index contributed by atoms with van der Waals surface area (Å²) in [5, 5.41) is 9.75.